The van der Waals surface area contributed by atoms with E-state index in [1.165, 1.54) is 12.8 Å². The third kappa shape index (κ3) is 3.10. The van der Waals surface area contributed by atoms with Crippen molar-refractivity contribution in [2.75, 3.05) is 13.1 Å². The highest BCUT2D eigenvalue weighted by atomic mass is 16.2. The molecule has 1 aliphatic carbocycles. The summed E-state index contributed by atoms with van der Waals surface area (Å²) in [6, 6.07) is 0.294. The quantitative estimate of drug-likeness (QED) is 0.846. The van der Waals surface area contributed by atoms with Crippen molar-refractivity contribution in [1.82, 2.24) is 10.2 Å². The van der Waals surface area contributed by atoms with E-state index >= 15 is 0 Å². The molecule has 1 aliphatic heterocycles. The Balaban J connectivity index is 1.89. The Bertz CT molecular complexity index is 356. The first-order valence-electron chi connectivity index (χ1n) is 7.61. The summed E-state index contributed by atoms with van der Waals surface area (Å²) < 4.78 is 0. The van der Waals surface area contributed by atoms with Crippen LogP contribution in [0.15, 0.2) is 0 Å². The topological polar surface area (TPSA) is 49.4 Å². The maximum atomic E-state index is 12.3. The first-order chi connectivity index (χ1) is 9.02. The van der Waals surface area contributed by atoms with Crippen LogP contribution in [0.4, 0.5) is 0 Å². The van der Waals surface area contributed by atoms with E-state index < -0.39 is 0 Å². The van der Waals surface area contributed by atoms with Gasteiger partial charge in [-0.1, -0.05) is 26.7 Å². The van der Waals surface area contributed by atoms with E-state index in [0.717, 1.165) is 6.42 Å². The molecule has 0 unspecified atom stereocenters. The van der Waals surface area contributed by atoms with E-state index in [2.05, 4.69) is 19.2 Å². The molecule has 1 saturated heterocycles. The predicted octanol–water partition coefficient (Wildman–Crippen LogP) is 1.80. The summed E-state index contributed by atoms with van der Waals surface area (Å²) in [4.78, 5) is 25.7. The standard InChI is InChI=1S/C15H26N2O2/c1-4-17-9-12(8-14(17)18)15(19)16-13-7-5-6-10(2)11(13)3/h10-13H,4-9H2,1-3H3,(H,16,19)/t10-,11+,12+,13+/m0/s1. The van der Waals surface area contributed by atoms with Gasteiger partial charge in [0.25, 0.3) is 0 Å². The molecule has 4 atom stereocenters. The number of nitrogens with zero attached hydrogens (tertiary/aromatic N) is 1. The van der Waals surface area contributed by atoms with Crippen molar-refractivity contribution in [3.63, 3.8) is 0 Å². The lowest BCUT2D eigenvalue weighted by molar-refractivity contribution is -0.129. The summed E-state index contributed by atoms with van der Waals surface area (Å²) in [6.07, 6.45) is 3.92. The lowest BCUT2D eigenvalue weighted by Gasteiger charge is -2.35. The predicted molar refractivity (Wildman–Crippen MR) is 74.5 cm³/mol. The number of likely N-dealkylation sites (tertiary alicyclic amines) is 1. The smallest absolute Gasteiger partial charge is 0.225 e. The van der Waals surface area contributed by atoms with Gasteiger partial charge in [-0.05, 0) is 25.2 Å². The van der Waals surface area contributed by atoms with Crippen LogP contribution in [0.1, 0.15) is 46.5 Å². The molecule has 2 fully saturated rings. The second-order valence-electron chi connectivity index (χ2n) is 6.22. The molecule has 0 aromatic heterocycles. The minimum absolute atomic E-state index is 0.0789. The van der Waals surface area contributed by atoms with Crippen LogP contribution in [0.2, 0.25) is 0 Å². The van der Waals surface area contributed by atoms with Crippen molar-refractivity contribution in [3.05, 3.63) is 0 Å². The van der Waals surface area contributed by atoms with Gasteiger partial charge in [0.2, 0.25) is 11.8 Å². The Kier molecular flexibility index (Phi) is 4.48. The molecule has 0 spiro atoms. The molecule has 4 heteroatoms. The molecule has 0 aromatic rings. The zero-order chi connectivity index (χ0) is 14.0. The molecule has 0 radical (unpaired) electrons. The molecular weight excluding hydrogens is 240 g/mol. The van der Waals surface area contributed by atoms with Crippen LogP contribution in [0, 0.1) is 17.8 Å². The van der Waals surface area contributed by atoms with Gasteiger partial charge < -0.3 is 10.2 Å². The summed E-state index contributed by atoms with van der Waals surface area (Å²) in [7, 11) is 0. The largest absolute Gasteiger partial charge is 0.353 e. The van der Waals surface area contributed by atoms with Crippen molar-refractivity contribution in [3.8, 4) is 0 Å². The normalized spacial score (nSPS) is 35.5. The average molecular weight is 266 g/mol. The Morgan fingerprint density at radius 1 is 1.37 bits per heavy atom. The summed E-state index contributed by atoms with van der Waals surface area (Å²) >= 11 is 0. The van der Waals surface area contributed by atoms with Crippen molar-refractivity contribution in [2.24, 2.45) is 17.8 Å². The van der Waals surface area contributed by atoms with E-state index in [1.54, 1.807) is 4.90 Å². The number of nitrogens with one attached hydrogen (secondary N) is 1. The highest BCUT2D eigenvalue weighted by Crippen LogP contribution is 2.30. The van der Waals surface area contributed by atoms with Crippen molar-refractivity contribution in [2.45, 2.75) is 52.5 Å². The van der Waals surface area contributed by atoms with Crippen LogP contribution in [0.3, 0.4) is 0 Å². The highest BCUT2D eigenvalue weighted by molar-refractivity contribution is 5.89. The SMILES string of the molecule is CCN1C[C@H](C(=O)N[C@@H]2CCC[C@H](C)[C@H]2C)CC1=O. The number of rotatable bonds is 3. The van der Waals surface area contributed by atoms with Gasteiger partial charge >= 0.3 is 0 Å². The second kappa shape index (κ2) is 5.93. The molecule has 108 valence electrons. The maximum absolute atomic E-state index is 12.3. The molecule has 0 bridgehead atoms. The second-order valence-corrected chi connectivity index (χ2v) is 6.22. The minimum Gasteiger partial charge on any atom is -0.353 e. The van der Waals surface area contributed by atoms with Crippen LogP contribution in [0.25, 0.3) is 0 Å². The van der Waals surface area contributed by atoms with E-state index in [1.807, 2.05) is 6.92 Å². The lowest BCUT2D eigenvalue weighted by Crippen LogP contribution is -2.46. The van der Waals surface area contributed by atoms with Gasteiger partial charge in [-0.3, -0.25) is 9.59 Å². The molecule has 2 amide bonds. The zero-order valence-corrected chi connectivity index (χ0v) is 12.3. The highest BCUT2D eigenvalue weighted by Gasteiger charge is 2.35. The van der Waals surface area contributed by atoms with Gasteiger partial charge in [-0.15, -0.1) is 0 Å². The molecule has 4 nitrogen and oxygen atoms in total. The Morgan fingerprint density at radius 2 is 2.11 bits per heavy atom. The molecule has 2 aliphatic rings. The minimum atomic E-state index is -0.142. The summed E-state index contributed by atoms with van der Waals surface area (Å²) in [5.74, 6) is 1.27. The van der Waals surface area contributed by atoms with Crippen molar-refractivity contribution < 1.29 is 9.59 Å². The first-order valence-corrected chi connectivity index (χ1v) is 7.61. The summed E-state index contributed by atoms with van der Waals surface area (Å²) in [5.41, 5.74) is 0. The third-order valence-corrected chi connectivity index (χ3v) is 5.00. The van der Waals surface area contributed by atoms with Crippen LogP contribution in [-0.2, 0) is 9.59 Å². The Hall–Kier alpha value is -1.06. The van der Waals surface area contributed by atoms with Crippen molar-refractivity contribution >= 4 is 11.8 Å². The Morgan fingerprint density at radius 3 is 2.74 bits per heavy atom. The molecule has 1 heterocycles. The number of carbonyl (C=O) groups excluding carboxylic acids is 2. The Labute approximate surface area is 115 Å². The number of hydrogen-bond donors (Lipinski definition) is 1. The van der Waals surface area contributed by atoms with E-state index in [9.17, 15) is 9.59 Å². The van der Waals surface area contributed by atoms with E-state index in [-0.39, 0.29) is 17.7 Å². The maximum Gasteiger partial charge on any atom is 0.225 e. The van der Waals surface area contributed by atoms with Crippen LogP contribution in [0.5, 0.6) is 0 Å². The van der Waals surface area contributed by atoms with E-state index in [4.69, 9.17) is 0 Å². The van der Waals surface area contributed by atoms with Crippen LogP contribution >= 0.6 is 0 Å². The van der Waals surface area contributed by atoms with Crippen LogP contribution < -0.4 is 5.32 Å². The average Bonchev–Trinajstić information content (AvgIpc) is 2.76. The molecule has 19 heavy (non-hydrogen) atoms. The first kappa shape index (κ1) is 14.4. The monoisotopic (exact) mass is 266 g/mol. The summed E-state index contributed by atoms with van der Waals surface area (Å²) in [5, 5.41) is 3.19. The fourth-order valence-electron chi connectivity index (χ4n) is 3.34. The fraction of sp³-hybridized carbons (Fsp3) is 0.867. The fourth-order valence-corrected chi connectivity index (χ4v) is 3.34. The van der Waals surface area contributed by atoms with E-state index in [0.29, 0.717) is 37.4 Å². The molecular formula is C15H26N2O2. The molecule has 1 saturated carbocycles. The van der Waals surface area contributed by atoms with Gasteiger partial charge in [-0.2, -0.15) is 0 Å². The van der Waals surface area contributed by atoms with Gasteiger partial charge in [0.05, 0.1) is 5.92 Å². The molecule has 1 N–H and O–H groups in total. The summed E-state index contributed by atoms with van der Waals surface area (Å²) in [6.45, 7) is 7.76. The zero-order valence-electron chi connectivity index (χ0n) is 12.3. The van der Waals surface area contributed by atoms with Gasteiger partial charge in [0.1, 0.15) is 0 Å². The number of carbonyl (C=O) groups is 2. The van der Waals surface area contributed by atoms with Gasteiger partial charge in [-0.25, -0.2) is 0 Å². The third-order valence-electron chi connectivity index (χ3n) is 5.00. The molecule has 2 rings (SSSR count). The van der Waals surface area contributed by atoms with Gasteiger partial charge in [0, 0.05) is 25.6 Å². The van der Waals surface area contributed by atoms with Crippen LogP contribution in [-0.4, -0.2) is 35.8 Å². The lowest BCUT2D eigenvalue weighted by atomic mass is 9.78. The molecule has 0 aromatic carbocycles. The number of hydrogen-bond acceptors (Lipinski definition) is 2. The van der Waals surface area contributed by atoms with Gasteiger partial charge in [0.15, 0.2) is 0 Å². The number of amides is 2. The van der Waals surface area contributed by atoms with Crippen molar-refractivity contribution in [1.29, 1.82) is 0 Å².